The molecule has 4 N–H and O–H groups in total. The van der Waals surface area contributed by atoms with Gasteiger partial charge < -0.3 is 5.32 Å². The summed E-state index contributed by atoms with van der Waals surface area (Å²) in [6.07, 6.45) is 2.66. The maximum absolute atomic E-state index is 5.25. The van der Waals surface area contributed by atoms with Crippen LogP contribution in [0.4, 0.5) is 17.5 Å². The van der Waals surface area contributed by atoms with Crippen LogP contribution in [0.2, 0.25) is 0 Å². The number of nitrogens with two attached hydrogens (primary N) is 1. The molecule has 2 aromatic rings. The molecule has 0 aliphatic rings. The Bertz CT molecular complexity index is 452. The van der Waals surface area contributed by atoms with Crippen molar-refractivity contribution < 1.29 is 0 Å². The number of rotatable bonds is 4. The number of nitrogens with one attached hydrogen (secondary N) is 2. The fourth-order valence-electron chi connectivity index (χ4n) is 1.51. The molecular formula is C12H15N5. The van der Waals surface area contributed by atoms with Crippen molar-refractivity contribution in [3.8, 4) is 0 Å². The number of aromatic nitrogens is 2. The topological polar surface area (TPSA) is 75.9 Å². The van der Waals surface area contributed by atoms with Crippen LogP contribution in [0.25, 0.3) is 0 Å². The average molecular weight is 229 g/mol. The van der Waals surface area contributed by atoms with Crippen molar-refractivity contribution in [2.45, 2.75) is 13.3 Å². The van der Waals surface area contributed by atoms with E-state index in [-0.39, 0.29) is 0 Å². The van der Waals surface area contributed by atoms with E-state index < -0.39 is 0 Å². The average Bonchev–Trinajstić information content (AvgIpc) is 2.39. The summed E-state index contributed by atoms with van der Waals surface area (Å²) in [4.78, 5) is 8.13. The van der Waals surface area contributed by atoms with Crippen molar-refractivity contribution in [2.75, 3.05) is 10.7 Å². The summed E-state index contributed by atoms with van der Waals surface area (Å²) in [5.74, 6) is 6.35. The molecule has 5 nitrogen and oxygen atoms in total. The zero-order chi connectivity index (χ0) is 12.1. The lowest BCUT2D eigenvalue weighted by Crippen LogP contribution is -2.10. The lowest BCUT2D eigenvalue weighted by molar-refractivity contribution is 1.11. The summed E-state index contributed by atoms with van der Waals surface area (Å²) in [5.41, 5.74) is 4.70. The van der Waals surface area contributed by atoms with Crippen LogP contribution < -0.4 is 16.6 Å². The van der Waals surface area contributed by atoms with Crippen LogP contribution in [0.1, 0.15) is 12.5 Å². The summed E-state index contributed by atoms with van der Waals surface area (Å²) >= 11 is 0. The van der Waals surface area contributed by atoms with Gasteiger partial charge in [-0.15, -0.1) is 0 Å². The third-order valence-electron chi connectivity index (χ3n) is 2.39. The van der Waals surface area contributed by atoms with E-state index in [9.17, 15) is 0 Å². The maximum atomic E-state index is 5.25. The van der Waals surface area contributed by atoms with Crippen LogP contribution in [0.3, 0.4) is 0 Å². The van der Waals surface area contributed by atoms with Crippen LogP contribution in [0, 0.1) is 0 Å². The van der Waals surface area contributed by atoms with Gasteiger partial charge in [0.05, 0.1) is 0 Å². The molecular weight excluding hydrogens is 214 g/mol. The van der Waals surface area contributed by atoms with E-state index in [1.165, 1.54) is 5.56 Å². The Morgan fingerprint density at radius 1 is 1.29 bits per heavy atom. The van der Waals surface area contributed by atoms with Crippen molar-refractivity contribution in [3.63, 3.8) is 0 Å². The molecule has 5 heteroatoms. The van der Waals surface area contributed by atoms with Crippen LogP contribution in [0.15, 0.2) is 36.5 Å². The van der Waals surface area contributed by atoms with Crippen molar-refractivity contribution in [1.29, 1.82) is 0 Å². The molecule has 1 aromatic heterocycles. The van der Waals surface area contributed by atoms with Crippen LogP contribution in [-0.4, -0.2) is 9.97 Å². The molecule has 0 aliphatic heterocycles. The van der Waals surface area contributed by atoms with Gasteiger partial charge in [0.15, 0.2) is 0 Å². The highest BCUT2D eigenvalue weighted by atomic mass is 15.3. The van der Waals surface area contributed by atoms with E-state index in [1.54, 1.807) is 12.3 Å². The molecule has 0 bridgehead atoms. The van der Waals surface area contributed by atoms with Crippen LogP contribution in [-0.2, 0) is 6.42 Å². The van der Waals surface area contributed by atoms with Crippen LogP contribution >= 0.6 is 0 Å². The predicted octanol–water partition coefficient (Wildman–Crippen LogP) is 2.07. The van der Waals surface area contributed by atoms with Crippen LogP contribution in [0.5, 0.6) is 0 Å². The summed E-state index contributed by atoms with van der Waals surface area (Å²) in [7, 11) is 0. The van der Waals surface area contributed by atoms with Crippen molar-refractivity contribution in [2.24, 2.45) is 5.84 Å². The molecule has 0 spiro atoms. The Kier molecular flexibility index (Phi) is 3.52. The lowest BCUT2D eigenvalue weighted by atomic mass is 10.1. The number of anilines is 3. The number of nitrogens with zero attached hydrogens (tertiary/aromatic N) is 2. The zero-order valence-electron chi connectivity index (χ0n) is 9.64. The normalized spacial score (nSPS) is 10.0. The van der Waals surface area contributed by atoms with Gasteiger partial charge in [0, 0.05) is 11.9 Å². The maximum Gasteiger partial charge on any atom is 0.239 e. The molecule has 0 saturated carbocycles. The fourth-order valence-corrected chi connectivity index (χ4v) is 1.51. The Labute approximate surface area is 100 Å². The predicted molar refractivity (Wildman–Crippen MR) is 68.9 cm³/mol. The zero-order valence-corrected chi connectivity index (χ0v) is 9.64. The molecule has 1 aromatic carbocycles. The quantitative estimate of drug-likeness (QED) is 0.552. The Hall–Kier alpha value is -2.14. The number of nitrogen functional groups attached to an aromatic ring is 1. The Morgan fingerprint density at radius 2 is 2.18 bits per heavy atom. The molecule has 0 unspecified atom stereocenters. The first-order chi connectivity index (χ1) is 8.31. The van der Waals surface area contributed by atoms with Gasteiger partial charge in [0.25, 0.3) is 0 Å². The second kappa shape index (κ2) is 5.27. The summed E-state index contributed by atoms with van der Waals surface area (Å²) in [6.45, 7) is 2.13. The number of hydrogen-bond acceptors (Lipinski definition) is 5. The van der Waals surface area contributed by atoms with Gasteiger partial charge >= 0.3 is 0 Å². The van der Waals surface area contributed by atoms with E-state index in [1.807, 2.05) is 12.1 Å². The van der Waals surface area contributed by atoms with Crippen molar-refractivity contribution in [3.05, 3.63) is 42.1 Å². The lowest BCUT2D eigenvalue weighted by Gasteiger charge is -2.07. The van der Waals surface area contributed by atoms with E-state index in [0.717, 1.165) is 12.1 Å². The van der Waals surface area contributed by atoms with E-state index in [4.69, 9.17) is 5.84 Å². The van der Waals surface area contributed by atoms with Crippen molar-refractivity contribution >= 4 is 17.5 Å². The standard InChI is InChI=1S/C12H15N5/c1-2-9-4-3-5-10(8-9)15-11-6-7-14-12(16-11)17-13/h3-8H,2,13H2,1H3,(H2,14,15,16,17). The van der Waals surface area contributed by atoms with Gasteiger partial charge in [0.1, 0.15) is 5.82 Å². The number of hydrogen-bond donors (Lipinski definition) is 3. The first kappa shape index (κ1) is 11.3. The highest BCUT2D eigenvalue weighted by Crippen LogP contribution is 2.16. The molecule has 0 fully saturated rings. The minimum Gasteiger partial charge on any atom is -0.340 e. The van der Waals surface area contributed by atoms with Crippen molar-refractivity contribution in [1.82, 2.24) is 9.97 Å². The first-order valence-corrected chi connectivity index (χ1v) is 5.47. The van der Waals surface area contributed by atoms with Gasteiger partial charge in [-0.3, -0.25) is 5.43 Å². The third-order valence-corrected chi connectivity index (χ3v) is 2.39. The molecule has 0 saturated heterocycles. The fraction of sp³-hybridized carbons (Fsp3) is 0.167. The third kappa shape index (κ3) is 2.92. The smallest absolute Gasteiger partial charge is 0.239 e. The molecule has 0 aliphatic carbocycles. The monoisotopic (exact) mass is 229 g/mol. The molecule has 88 valence electrons. The highest BCUT2D eigenvalue weighted by Gasteiger charge is 1.99. The summed E-state index contributed by atoms with van der Waals surface area (Å²) in [5, 5.41) is 3.21. The first-order valence-electron chi connectivity index (χ1n) is 5.47. The van der Waals surface area contributed by atoms with Gasteiger partial charge in [-0.25, -0.2) is 10.8 Å². The molecule has 2 rings (SSSR count). The minimum atomic E-state index is 0.390. The number of benzene rings is 1. The molecule has 17 heavy (non-hydrogen) atoms. The van der Waals surface area contributed by atoms with E-state index in [2.05, 4.69) is 39.8 Å². The second-order valence-corrected chi connectivity index (χ2v) is 3.59. The van der Waals surface area contributed by atoms with E-state index >= 15 is 0 Å². The van der Waals surface area contributed by atoms with Gasteiger partial charge in [-0.2, -0.15) is 4.98 Å². The molecule has 0 radical (unpaired) electrons. The number of hydrazine groups is 1. The number of aryl methyl sites for hydroxylation is 1. The highest BCUT2D eigenvalue weighted by molar-refractivity contribution is 5.57. The Balaban J connectivity index is 2.18. The molecule has 0 amide bonds. The Morgan fingerprint density at radius 3 is 2.94 bits per heavy atom. The summed E-state index contributed by atoms with van der Waals surface area (Å²) in [6, 6.07) is 10.00. The SMILES string of the molecule is CCc1cccc(Nc2ccnc(NN)n2)c1. The molecule has 0 atom stereocenters. The molecule has 1 heterocycles. The van der Waals surface area contributed by atoms with Gasteiger partial charge in [0.2, 0.25) is 5.95 Å². The summed E-state index contributed by atoms with van der Waals surface area (Å²) < 4.78 is 0. The minimum absolute atomic E-state index is 0.390. The largest absolute Gasteiger partial charge is 0.340 e. The second-order valence-electron chi connectivity index (χ2n) is 3.59. The van der Waals surface area contributed by atoms with E-state index in [0.29, 0.717) is 11.8 Å². The van der Waals surface area contributed by atoms with Gasteiger partial charge in [-0.05, 0) is 30.2 Å². The van der Waals surface area contributed by atoms with Gasteiger partial charge in [-0.1, -0.05) is 19.1 Å².